The number of hydrogen-bond donors (Lipinski definition) is 2. The molecule has 0 aromatic carbocycles. The number of nitrogens with zero attached hydrogens (tertiary/aromatic N) is 2. The largest absolute Gasteiger partial charge is 0.395 e. The zero-order valence-corrected chi connectivity index (χ0v) is 23.0. The van der Waals surface area contributed by atoms with Gasteiger partial charge in [-0.05, 0) is 61.7 Å². The molecule has 2 aliphatic rings. The molecule has 0 unspecified atom stereocenters. The molecule has 2 aliphatic carbocycles. The van der Waals surface area contributed by atoms with Crippen LogP contribution in [0.5, 0.6) is 0 Å². The molecule has 0 heterocycles. The van der Waals surface area contributed by atoms with Gasteiger partial charge in [-0.15, -0.1) is 0 Å². The molecule has 0 radical (unpaired) electrons. The van der Waals surface area contributed by atoms with Gasteiger partial charge in [0.25, 0.3) is 0 Å². The summed E-state index contributed by atoms with van der Waals surface area (Å²) < 4.78 is 55.7. The van der Waals surface area contributed by atoms with Crippen LogP contribution in [0.1, 0.15) is 73.6 Å². The standard InChI is InChI=1S/C23H46N2O6S2/c1-7-32(28,29)25(15-19-10-11-19)21(17-27)23(5,6)12-13-33(30,31)24(14-18-8-9-18)20(16-26)22(2,3)4/h18-21,26-27H,7-17H2,1-6H3/t20-,21+/m1/s1. The Kier molecular flexibility index (Phi) is 9.47. The van der Waals surface area contributed by atoms with Crippen molar-refractivity contribution in [1.82, 2.24) is 8.61 Å². The minimum absolute atomic E-state index is 0.0521. The minimum Gasteiger partial charge on any atom is -0.395 e. The van der Waals surface area contributed by atoms with Gasteiger partial charge in [-0.1, -0.05) is 34.6 Å². The summed E-state index contributed by atoms with van der Waals surface area (Å²) in [6, 6.07) is -1.21. The molecule has 2 saturated carbocycles. The molecule has 0 saturated heterocycles. The number of rotatable bonds is 15. The summed E-state index contributed by atoms with van der Waals surface area (Å²) in [7, 11) is -7.24. The average Bonchev–Trinajstić information content (AvgIpc) is 3.60. The second-order valence-electron chi connectivity index (χ2n) is 11.7. The van der Waals surface area contributed by atoms with Crippen LogP contribution in [0, 0.1) is 22.7 Å². The van der Waals surface area contributed by atoms with E-state index in [1.807, 2.05) is 34.6 Å². The molecule has 2 N–H and O–H groups in total. The Bertz CT molecular complexity index is 843. The van der Waals surface area contributed by atoms with Crippen LogP contribution in [0.25, 0.3) is 0 Å². The van der Waals surface area contributed by atoms with Gasteiger partial charge >= 0.3 is 0 Å². The molecule has 0 amide bonds. The highest BCUT2D eigenvalue weighted by Gasteiger charge is 2.44. The van der Waals surface area contributed by atoms with Gasteiger partial charge in [0.2, 0.25) is 20.0 Å². The summed E-state index contributed by atoms with van der Waals surface area (Å²) in [5.41, 5.74) is -1.17. The van der Waals surface area contributed by atoms with Gasteiger partial charge in [0.05, 0.1) is 36.8 Å². The summed E-state index contributed by atoms with van der Waals surface area (Å²) in [6.07, 6.45) is 4.17. The highest BCUT2D eigenvalue weighted by molar-refractivity contribution is 7.89. The Labute approximate surface area is 201 Å². The van der Waals surface area contributed by atoms with Crippen LogP contribution in [0.2, 0.25) is 0 Å². The maximum Gasteiger partial charge on any atom is 0.214 e. The van der Waals surface area contributed by atoms with E-state index < -0.39 is 43.0 Å². The maximum atomic E-state index is 13.5. The van der Waals surface area contributed by atoms with Crippen molar-refractivity contribution in [2.24, 2.45) is 22.7 Å². The number of aliphatic hydroxyl groups excluding tert-OH is 2. The van der Waals surface area contributed by atoms with Crippen molar-refractivity contribution >= 4 is 20.0 Å². The van der Waals surface area contributed by atoms with Crippen molar-refractivity contribution in [3.63, 3.8) is 0 Å². The van der Waals surface area contributed by atoms with Gasteiger partial charge in [-0.3, -0.25) is 0 Å². The first-order chi connectivity index (χ1) is 15.1. The van der Waals surface area contributed by atoms with E-state index in [0.717, 1.165) is 25.7 Å². The number of sulfonamides is 2. The van der Waals surface area contributed by atoms with E-state index in [9.17, 15) is 27.0 Å². The molecule has 0 bridgehead atoms. The van der Waals surface area contributed by atoms with Gasteiger partial charge in [-0.25, -0.2) is 16.8 Å². The lowest BCUT2D eigenvalue weighted by molar-refractivity contribution is 0.0829. The van der Waals surface area contributed by atoms with Crippen LogP contribution in [0.3, 0.4) is 0 Å². The lowest BCUT2D eigenvalue weighted by Gasteiger charge is -2.42. The van der Waals surface area contributed by atoms with E-state index in [4.69, 9.17) is 0 Å². The second kappa shape index (κ2) is 10.8. The molecule has 0 aromatic heterocycles. The predicted molar refractivity (Wildman–Crippen MR) is 132 cm³/mol. The second-order valence-corrected chi connectivity index (χ2v) is 16.0. The highest BCUT2D eigenvalue weighted by atomic mass is 32.2. The summed E-state index contributed by atoms with van der Waals surface area (Å²) >= 11 is 0. The maximum absolute atomic E-state index is 13.5. The van der Waals surface area contributed by atoms with Gasteiger partial charge in [0.15, 0.2) is 0 Å². The smallest absolute Gasteiger partial charge is 0.214 e. The van der Waals surface area contributed by atoms with E-state index in [0.29, 0.717) is 24.9 Å². The molecule has 2 rings (SSSR count). The third kappa shape index (κ3) is 7.87. The van der Waals surface area contributed by atoms with E-state index in [1.165, 1.54) is 8.61 Å². The Balaban J connectivity index is 2.24. The quantitative estimate of drug-likeness (QED) is 0.349. The summed E-state index contributed by atoms with van der Waals surface area (Å²) in [6.45, 7) is 11.3. The predicted octanol–water partition coefficient (Wildman–Crippen LogP) is 2.27. The molecule has 0 aliphatic heterocycles. The lowest BCUT2D eigenvalue weighted by Crippen LogP contribution is -2.53. The Hall–Kier alpha value is -0.260. The van der Waals surface area contributed by atoms with Crippen molar-refractivity contribution in [2.45, 2.75) is 85.7 Å². The lowest BCUT2D eigenvalue weighted by atomic mass is 9.82. The summed E-state index contributed by atoms with van der Waals surface area (Å²) in [4.78, 5) is 0. The zero-order chi connectivity index (χ0) is 25.2. The molecule has 10 heteroatoms. The van der Waals surface area contributed by atoms with Crippen LogP contribution < -0.4 is 0 Å². The first-order valence-corrected chi connectivity index (χ1v) is 15.5. The van der Waals surface area contributed by atoms with E-state index in [-0.39, 0.29) is 31.1 Å². The van der Waals surface area contributed by atoms with Crippen molar-refractivity contribution in [3.8, 4) is 0 Å². The topological polar surface area (TPSA) is 115 Å². The van der Waals surface area contributed by atoms with E-state index >= 15 is 0 Å². The third-order valence-corrected chi connectivity index (χ3v) is 11.0. The SMILES string of the molecule is CCS(=O)(=O)N(CC1CC1)[C@@H](CO)C(C)(C)CCS(=O)(=O)N(CC1CC1)[C@H](CO)C(C)(C)C. The Morgan fingerprint density at radius 1 is 0.788 bits per heavy atom. The molecule has 0 aromatic rings. The van der Waals surface area contributed by atoms with Gasteiger partial charge < -0.3 is 10.2 Å². The normalized spacial score (nSPS) is 20.4. The Morgan fingerprint density at radius 2 is 1.21 bits per heavy atom. The number of aliphatic hydroxyl groups is 2. The van der Waals surface area contributed by atoms with Gasteiger partial charge in [0.1, 0.15) is 0 Å². The molecule has 8 nitrogen and oxygen atoms in total. The first kappa shape index (κ1) is 29.0. The fourth-order valence-electron chi connectivity index (χ4n) is 4.35. The fourth-order valence-corrected chi connectivity index (χ4v) is 8.08. The molecule has 0 spiro atoms. The zero-order valence-electron chi connectivity index (χ0n) is 21.3. The monoisotopic (exact) mass is 510 g/mol. The molecule has 2 fully saturated rings. The molecular weight excluding hydrogens is 464 g/mol. The summed E-state index contributed by atoms with van der Waals surface area (Å²) in [5, 5.41) is 20.3. The summed E-state index contributed by atoms with van der Waals surface area (Å²) in [5.74, 6) is 0.437. The van der Waals surface area contributed by atoms with Crippen molar-refractivity contribution < 1.29 is 27.0 Å². The fraction of sp³-hybridized carbons (Fsp3) is 1.00. The van der Waals surface area contributed by atoms with Crippen molar-refractivity contribution in [2.75, 3.05) is 37.8 Å². The van der Waals surface area contributed by atoms with Crippen LogP contribution in [0.15, 0.2) is 0 Å². The highest BCUT2D eigenvalue weighted by Crippen LogP contribution is 2.38. The van der Waals surface area contributed by atoms with Crippen LogP contribution in [-0.4, -0.2) is 85.6 Å². The van der Waals surface area contributed by atoms with Crippen LogP contribution in [-0.2, 0) is 20.0 Å². The van der Waals surface area contributed by atoms with E-state index in [2.05, 4.69) is 0 Å². The van der Waals surface area contributed by atoms with Gasteiger partial charge in [-0.2, -0.15) is 8.61 Å². The van der Waals surface area contributed by atoms with E-state index in [1.54, 1.807) is 6.92 Å². The first-order valence-electron chi connectivity index (χ1n) is 12.3. The molecule has 33 heavy (non-hydrogen) atoms. The minimum atomic E-state index is -3.70. The van der Waals surface area contributed by atoms with Crippen LogP contribution >= 0.6 is 0 Å². The van der Waals surface area contributed by atoms with Crippen LogP contribution in [0.4, 0.5) is 0 Å². The Morgan fingerprint density at radius 3 is 1.55 bits per heavy atom. The number of hydrogen-bond acceptors (Lipinski definition) is 6. The van der Waals surface area contributed by atoms with Crippen molar-refractivity contribution in [1.29, 1.82) is 0 Å². The third-order valence-electron chi connectivity index (χ3n) is 7.30. The van der Waals surface area contributed by atoms with Crippen molar-refractivity contribution in [3.05, 3.63) is 0 Å². The average molecular weight is 511 g/mol. The van der Waals surface area contributed by atoms with Gasteiger partial charge in [0, 0.05) is 13.1 Å². The molecule has 2 atom stereocenters. The molecular formula is C23H46N2O6S2. The molecule has 196 valence electrons.